The van der Waals surface area contributed by atoms with Crippen LogP contribution in [0.5, 0.6) is 0 Å². The topological polar surface area (TPSA) is 16.4 Å². The van der Waals surface area contributed by atoms with Crippen molar-refractivity contribution in [3.05, 3.63) is 247 Å². The SMILES string of the molecule is c1ccc(-c2cccc(N(c3cccc(-c4ccc5oc6ccccc6c5c4)c3)c3ccc4c(c3)C(c3ccccc3)(c3ccccc3)c3ccccc3-4)c2)cc1. The van der Waals surface area contributed by atoms with Crippen molar-refractivity contribution >= 4 is 39.0 Å². The summed E-state index contributed by atoms with van der Waals surface area (Å²) < 4.78 is 6.20. The van der Waals surface area contributed by atoms with Crippen LogP contribution in [0, 0.1) is 0 Å². The fourth-order valence-corrected chi connectivity index (χ4v) is 9.20. The first kappa shape index (κ1) is 33.0. The highest BCUT2D eigenvalue weighted by Crippen LogP contribution is 2.57. The summed E-state index contributed by atoms with van der Waals surface area (Å²) in [5, 5.41) is 2.25. The van der Waals surface area contributed by atoms with Crippen LogP contribution in [0.15, 0.2) is 229 Å². The zero-order chi connectivity index (χ0) is 37.8. The fourth-order valence-electron chi connectivity index (χ4n) is 9.20. The van der Waals surface area contributed by atoms with E-state index >= 15 is 0 Å². The van der Waals surface area contributed by atoms with Crippen molar-refractivity contribution in [1.82, 2.24) is 0 Å². The van der Waals surface area contributed by atoms with E-state index < -0.39 is 5.41 Å². The van der Waals surface area contributed by atoms with Gasteiger partial charge in [-0.05, 0) is 110 Å². The molecule has 0 atom stereocenters. The van der Waals surface area contributed by atoms with E-state index in [9.17, 15) is 0 Å². The summed E-state index contributed by atoms with van der Waals surface area (Å²) in [5.41, 5.74) is 16.8. The van der Waals surface area contributed by atoms with Crippen LogP contribution in [-0.2, 0) is 5.41 Å². The number of para-hydroxylation sites is 1. The Balaban J connectivity index is 1.14. The number of nitrogens with zero attached hydrogens (tertiary/aromatic N) is 1. The van der Waals surface area contributed by atoms with Gasteiger partial charge in [0, 0.05) is 27.8 Å². The van der Waals surface area contributed by atoms with Gasteiger partial charge < -0.3 is 9.32 Å². The zero-order valence-corrected chi connectivity index (χ0v) is 31.2. The minimum Gasteiger partial charge on any atom is -0.456 e. The van der Waals surface area contributed by atoms with Crippen molar-refractivity contribution < 1.29 is 4.42 Å². The summed E-state index contributed by atoms with van der Waals surface area (Å²) in [5.74, 6) is 0. The Kier molecular flexibility index (Phi) is 7.75. The molecule has 0 N–H and O–H groups in total. The average molecular weight is 728 g/mol. The first-order chi connectivity index (χ1) is 28.3. The summed E-state index contributed by atoms with van der Waals surface area (Å²) in [6, 6.07) is 81.4. The number of hydrogen-bond donors (Lipinski definition) is 0. The summed E-state index contributed by atoms with van der Waals surface area (Å²) in [7, 11) is 0. The fraction of sp³-hybridized carbons (Fsp3) is 0.0182. The first-order valence-corrected chi connectivity index (χ1v) is 19.6. The van der Waals surface area contributed by atoms with Gasteiger partial charge in [-0.2, -0.15) is 0 Å². The predicted molar refractivity (Wildman–Crippen MR) is 237 cm³/mol. The maximum Gasteiger partial charge on any atom is 0.135 e. The molecular formula is C55H37NO. The number of hydrogen-bond acceptors (Lipinski definition) is 2. The summed E-state index contributed by atoms with van der Waals surface area (Å²) >= 11 is 0. The molecule has 0 saturated carbocycles. The van der Waals surface area contributed by atoms with Crippen LogP contribution in [0.1, 0.15) is 22.3 Å². The molecule has 1 heterocycles. The van der Waals surface area contributed by atoms with Gasteiger partial charge in [0.1, 0.15) is 11.2 Å². The van der Waals surface area contributed by atoms with E-state index in [0.29, 0.717) is 0 Å². The Hall–Kier alpha value is -7.42. The lowest BCUT2D eigenvalue weighted by atomic mass is 9.67. The third-order valence-electron chi connectivity index (χ3n) is 11.7. The molecule has 10 aromatic rings. The van der Waals surface area contributed by atoms with Gasteiger partial charge in [-0.3, -0.25) is 0 Å². The van der Waals surface area contributed by atoms with Gasteiger partial charge >= 0.3 is 0 Å². The van der Waals surface area contributed by atoms with E-state index in [0.717, 1.165) is 50.1 Å². The van der Waals surface area contributed by atoms with E-state index in [1.807, 2.05) is 12.1 Å². The third kappa shape index (κ3) is 5.33. The molecule has 268 valence electrons. The van der Waals surface area contributed by atoms with Crippen LogP contribution in [0.4, 0.5) is 17.1 Å². The molecule has 1 aliphatic rings. The summed E-state index contributed by atoms with van der Waals surface area (Å²) in [6.45, 7) is 0. The molecule has 0 fully saturated rings. The van der Waals surface area contributed by atoms with Crippen LogP contribution in [0.3, 0.4) is 0 Å². The van der Waals surface area contributed by atoms with E-state index in [1.165, 1.54) is 44.5 Å². The van der Waals surface area contributed by atoms with Crippen LogP contribution in [0.2, 0.25) is 0 Å². The maximum atomic E-state index is 6.20. The zero-order valence-electron chi connectivity index (χ0n) is 31.2. The van der Waals surface area contributed by atoms with Gasteiger partial charge in [-0.1, -0.05) is 170 Å². The molecule has 0 unspecified atom stereocenters. The molecule has 0 spiro atoms. The Bertz CT molecular complexity index is 3030. The molecule has 0 radical (unpaired) electrons. The molecule has 1 aromatic heterocycles. The Morgan fingerprint density at radius 3 is 1.56 bits per heavy atom. The van der Waals surface area contributed by atoms with Crippen molar-refractivity contribution in [2.75, 3.05) is 4.90 Å². The Morgan fingerprint density at radius 1 is 0.316 bits per heavy atom. The Morgan fingerprint density at radius 2 is 0.842 bits per heavy atom. The van der Waals surface area contributed by atoms with E-state index in [1.54, 1.807) is 0 Å². The second kappa shape index (κ2) is 13.4. The molecule has 2 heteroatoms. The molecule has 9 aromatic carbocycles. The van der Waals surface area contributed by atoms with Crippen LogP contribution in [0.25, 0.3) is 55.3 Å². The highest BCUT2D eigenvalue weighted by atomic mass is 16.3. The minimum atomic E-state index is -0.507. The van der Waals surface area contributed by atoms with Gasteiger partial charge in [-0.15, -0.1) is 0 Å². The van der Waals surface area contributed by atoms with Crippen molar-refractivity contribution in [3.8, 4) is 33.4 Å². The van der Waals surface area contributed by atoms with Gasteiger partial charge in [0.2, 0.25) is 0 Å². The summed E-state index contributed by atoms with van der Waals surface area (Å²) in [4.78, 5) is 2.42. The number of anilines is 3. The molecule has 1 aliphatic carbocycles. The van der Waals surface area contributed by atoms with Crippen LogP contribution in [-0.4, -0.2) is 0 Å². The molecule has 2 nitrogen and oxygen atoms in total. The largest absolute Gasteiger partial charge is 0.456 e. The van der Waals surface area contributed by atoms with Crippen molar-refractivity contribution in [2.24, 2.45) is 0 Å². The average Bonchev–Trinajstić information content (AvgIpc) is 3.81. The molecule has 0 aliphatic heterocycles. The number of furan rings is 1. The number of fused-ring (bicyclic) bond motifs is 6. The van der Waals surface area contributed by atoms with Crippen molar-refractivity contribution in [2.45, 2.75) is 5.41 Å². The van der Waals surface area contributed by atoms with Gasteiger partial charge in [0.15, 0.2) is 0 Å². The second-order valence-corrected chi connectivity index (χ2v) is 14.9. The minimum absolute atomic E-state index is 0.507. The van der Waals surface area contributed by atoms with E-state index in [2.05, 4.69) is 217 Å². The Labute approximate surface area is 332 Å². The normalized spacial score (nSPS) is 12.7. The van der Waals surface area contributed by atoms with Gasteiger partial charge in [-0.25, -0.2) is 0 Å². The van der Waals surface area contributed by atoms with Gasteiger partial charge in [0.05, 0.1) is 5.41 Å². The standard InChI is InChI=1S/C55H37NO/c1-4-16-38(17-5-1)39-18-14-24-44(34-39)56(45-25-15-19-40(35-45)41-30-33-54-50(36-41)49-27-11-13-29-53(49)57-54)46-31-32-48-47-26-10-12-28-51(47)55(52(48)37-46,42-20-6-2-7-21-42)43-22-8-3-9-23-43/h1-37H. The maximum absolute atomic E-state index is 6.20. The number of rotatable bonds is 7. The van der Waals surface area contributed by atoms with Gasteiger partial charge in [0.25, 0.3) is 0 Å². The lowest BCUT2D eigenvalue weighted by Crippen LogP contribution is -2.28. The smallest absolute Gasteiger partial charge is 0.135 e. The van der Waals surface area contributed by atoms with E-state index in [-0.39, 0.29) is 0 Å². The van der Waals surface area contributed by atoms with Crippen LogP contribution < -0.4 is 4.90 Å². The quantitative estimate of drug-likeness (QED) is 0.163. The highest BCUT2D eigenvalue weighted by molar-refractivity contribution is 6.06. The molecular weight excluding hydrogens is 691 g/mol. The number of benzene rings is 9. The first-order valence-electron chi connectivity index (χ1n) is 19.6. The summed E-state index contributed by atoms with van der Waals surface area (Å²) in [6.07, 6.45) is 0. The van der Waals surface area contributed by atoms with Crippen molar-refractivity contribution in [1.29, 1.82) is 0 Å². The van der Waals surface area contributed by atoms with E-state index in [4.69, 9.17) is 4.42 Å². The lowest BCUT2D eigenvalue weighted by Gasteiger charge is -2.35. The molecule has 0 saturated heterocycles. The molecule has 57 heavy (non-hydrogen) atoms. The third-order valence-corrected chi connectivity index (χ3v) is 11.7. The van der Waals surface area contributed by atoms with Crippen LogP contribution >= 0.6 is 0 Å². The molecule has 0 amide bonds. The van der Waals surface area contributed by atoms with Crippen molar-refractivity contribution in [3.63, 3.8) is 0 Å². The molecule has 11 rings (SSSR count). The second-order valence-electron chi connectivity index (χ2n) is 14.9. The highest BCUT2D eigenvalue weighted by Gasteiger charge is 2.46. The lowest BCUT2D eigenvalue weighted by molar-refractivity contribution is 0.669. The monoisotopic (exact) mass is 727 g/mol. The molecule has 0 bridgehead atoms. The predicted octanol–water partition coefficient (Wildman–Crippen LogP) is 14.8.